The average molecular weight is 455 g/mol. The van der Waals surface area contributed by atoms with Gasteiger partial charge in [0.1, 0.15) is 18.1 Å². The number of likely N-dealkylation sites (tertiary alicyclic amines) is 1. The molecule has 1 aliphatic heterocycles. The van der Waals surface area contributed by atoms with E-state index in [2.05, 4.69) is 19.7 Å². The van der Waals surface area contributed by atoms with Crippen molar-refractivity contribution in [3.63, 3.8) is 0 Å². The average Bonchev–Trinajstić information content (AvgIpc) is 3.46. The maximum Gasteiger partial charge on any atom is 0.191 e. The van der Waals surface area contributed by atoms with Crippen molar-refractivity contribution >= 4 is 35.8 Å². The van der Waals surface area contributed by atoms with Crippen LogP contribution in [0.4, 0.5) is 0 Å². The molecule has 156 valence electrons. The zero-order valence-corrected chi connectivity index (χ0v) is 18.4. The highest BCUT2D eigenvalue weighted by Crippen LogP contribution is 2.22. The Bertz CT molecular complexity index is 865. The number of benzene rings is 1. The van der Waals surface area contributed by atoms with Gasteiger partial charge in [0.05, 0.1) is 12.8 Å². The first-order chi connectivity index (χ1) is 13.8. The van der Waals surface area contributed by atoms with Crippen LogP contribution in [0, 0.1) is 0 Å². The van der Waals surface area contributed by atoms with Crippen LogP contribution in [-0.4, -0.2) is 45.1 Å². The number of hydrogen-bond donors (Lipinski definition) is 0. The monoisotopic (exact) mass is 454 g/mol. The summed E-state index contributed by atoms with van der Waals surface area (Å²) in [5.41, 5.74) is 0. The van der Waals surface area contributed by atoms with Gasteiger partial charge >= 0.3 is 0 Å². The first-order valence-corrected chi connectivity index (χ1v) is 10.8. The largest absolute Gasteiger partial charge is 0.486 e. The minimum atomic E-state index is 0. The molecule has 6 nitrogen and oxygen atoms in total. The zero-order chi connectivity index (χ0) is 19.2. The first kappa shape index (κ1) is 22.0. The molecule has 0 N–H and O–H groups in total. The smallest absolute Gasteiger partial charge is 0.191 e. The summed E-state index contributed by atoms with van der Waals surface area (Å²) in [4.78, 5) is 2.50. The van der Waals surface area contributed by atoms with E-state index in [1.807, 2.05) is 36.4 Å². The molecule has 0 aliphatic carbocycles. The van der Waals surface area contributed by atoms with E-state index in [0.29, 0.717) is 18.2 Å². The molecule has 1 aromatic carbocycles. The van der Waals surface area contributed by atoms with Gasteiger partial charge in [-0.3, -0.25) is 4.57 Å². The predicted molar refractivity (Wildman–Crippen MR) is 117 cm³/mol. The molecule has 1 aliphatic rings. The number of ether oxygens (including phenoxy) is 1. The second-order valence-corrected chi connectivity index (χ2v) is 8.20. The number of nitrogens with zero attached hydrogens (tertiary/aromatic N) is 4. The Hall–Kier alpha value is -1.67. The number of furan rings is 1. The van der Waals surface area contributed by atoms with E-state index in [-0.39, 0.29) is 12.4 Å². The summed E-state index contributed by atoms with van der Waals surface area (Å²) >= 11 is 7.67. The van der Waals surface area contributed by atoms with E-state index in [1.165, 1.54) is 25.9 Å². The Kier molecular flexibility index (Phi) is 8.29. The number of halogens is 2. The highest BCUT2D eigenvalue weighted by atomic mass is 35.5. The van der Waals surface area contributed by atoms with Gasteiger partial charge in [0.2, 0.25) is 0 Å². The van der Waals surface area contributed by atoms with Crippen molar-refractivity contribution < 1.29 is 9.15 Å². The van der Waals surface area contributed by atoms with E-state index in [4.69, 9.17) is 20.8 Å². The van der Waals surface area contributed by atoms with Crippen molar-refractivity contribution in [2.75, 3.05) is 25.4 Å². The molecule has 0 amide bonds. The van der Waals surface area contributed by atoms with E-state index >= 15 is 0 Å². The lowest BCUT2D eigenvalue weighted by Crippen LogP contribution is -2.22. The van der Waals surface area contributed by atoms with Crippen molar-refractivity contribution in [3.05, 3.63) is 59.3 Å². The summed E-state index contributed by atoms with van der Waals surface area (Å²) in [7, 11) is 0. The molecule has 3 aromatic rings. The molecule has 1 saturated heterocycles. The fourth-order valence-electron chi connectivity index (χ4n) is 3.20. The van der Waals surface area contributed by atoms with Gasteiger partial charge in [-0.2, -0.15) is 0 Å². The molecule has 0 radical (unpaired) electrons. The Labute approximate surface area is 186 Å². The third kappa shape index (κ3) is 6.15. The lowest BCUT2D eigenvalue weighted by molar-refractivity contribution is 0.287. The Morgan fingerprint density at radius 3 is 2.62 bits per heavy atom. The predicted octanol–water partition coefficient (Wildman–Crippen LogP) is 4.76. The van der Waals surface area contributed by atoms with Gasteiger partial charge < -0.3 is 14.1 Å². The molecule has 9 heteroatoms. The van der Waals surface area contributed by atoms with Crippen LogP contribution in [0.5, 0.6) is 5.75 Å². The van der Waals surface area contributed by atoms with Crippen LogP contribution >= 0.6 is 35.8 Å². The van der Waals surface area contributed by atoms with Crippen LogP contribution in [0.3, 0.4) is 0 Å². The quantitative estimate of drug-likeness (QED) is 0.434. The fourth-order valence-corrected chi connectivity index (χ4v) is 4.28. The van der Waals surface area contributed by atoms with E-state index in [1.54, 1.807) is 18.0 Å². The highest BCUT2D eigenvalue weighted by molar-refractivity contribution is 7.99. The SMILES string of the molecule is Cl.Clc1ccc(OCc2nnc(SCCN3CCCC3)n2Cc2ccco2)cc1. The van der Waals surface area contributed by atoms with Crippen LogP contribution < -0.4 is 4.74 Å². The van der Waals surface area contributed by atoms with Gasteiger partial charge in [-0.05, 0) is 62.3 Å². The van der Waals surface area contributed by atoms with Crippen molar-refractivity contribution in [1.82, 2.24) is 19.7 Å². The highest BCUT2D eigenvalue weighted by Gasteiger charge is 2.16. The lowest BCUT2D eigenvalue weighted by Gasteiger charge is -2.14. The molecule has 3 heterocycles. The van der Waals surface area contributed by atoms with Crippen LogP contribution in [-0.2, 0) is 13.2 Å². The normalized spacial score (nSPS) is 14.1. The van der Waals surface area contributed by atoms with E-state index < -0.39 is 0 Å². The first-order valence-electron chi connectivity index (χ1n) is 9.46. The Balaban J connectivity index is 0.00000240. The van der Waals surface area contributed by atoms with Gasteiger partial charge in [0, 0.05) is 17.3 Å². The second kappa shape index (κ2) is 10.9. The molecule has 29 heavy (non-hydrogen) atoms. The molecule has 4 rings (SSSR count). The summed E-state index contributed by atoms with van der Waals surface area (Å²) in [5.74, 6) is 3.39. The topological polar surface area (TPSA) is 56.3 Å². The number of rotatable bonds is 9. The van der Waals surface area contributed by atoms with Gasteiger partial charge in [0.25, 0.3) is 0 Å². The lowest BCUT2D eigenvalue weighted by atomic mass is 10.3. The summed E-state index contributed by atoms with van der Waals surface area (Å²) in [6.45, 7) is 4.42. The van der Waals surface area contributed by atoms with Crippen molar-refractivity contribution in [3.8, 4) is 5.75 Å². The molecule has 0 spiro atoms. The molecule has 2 aromatic heterocycles. The second-order valence-electron chi connectivity index (χ2n) is 6.70. The zero-order valence-electron chi connectivity index (χ0n) is 16.0. The van der Waals surface area contributed by atoms with E-state index in [9.17, 15) is 0 Å². The Morgan fingerprint density at radius 1 is 1.10 bits per heavy atom. The maximum absolute atomic E-state index is 5.93. The van der Waals surface area contributed by atoms with Crippen LogP contribution in [0.15, 0.2) is 52.2 Å². The fraction of sp³-hybridized carbons (Fsp3) is 0.400. The number of aromatic nitrogens is 3. The Morgan fingerprint density at radius 2 is 1.90 bits per heavy atom. The van der Waals surface area contributed by atoms with Gasteiger partial charge in [-0.25, -0.2) is 0 Å². The van der Waals surface area contributed by atoms with Crippen molar-refractivity contribution in [1.29, 1.82) is 0 Å². The molecule has 0 atom stereocenters. The van der Waals surface area contributed by atoms with Gasteiger partial charge in [-0.15, -0.1) is 22.6 Å². The minimum absolute atomic E-state index is 0. The maximum atomic E-state index is 5.93. The molecular formula is C20H24Cl2N4O2S. The van der Waals surface area contributed by atoms with E-state index in [0.717, 1.165) is 34.8 Å². The standard InChI is InChI=1S/C20H23ClN4O2S.ClH/c21-16-5-7-17(8-6-16)27-15-19-22-23-20(25(19)14-18-4-3-12-26-18)28-13-11-24-9-1-2-10-24;/h3-8,12H,1-2,9-11,13-15H2;1H. The van der Waals surface area contributed by atoms with Crippen LogP contribution in [0.2, 0.25) is 5.02 Å². The van der Waals surface area contributed by atoms with Crippen molar-refractivity contribution in [2.24, 2.45) is 0 Å². The molecule has 0 unspecified atom stereocenters. The minimum Gasteiger partial charge on any atom is -0.486 e. The molecule has 0 saturated carbocycles. The third-order valence-electron chi connectivity index (χ3n) is 4.71. The van der Waals surface area contributed by atoms with Crippen LogP contribution in [0.25, 0.3) is 0 Å². The summed E-state index contributed by atoms with van der Waals surface area (Å²) in [6, 6.07) is 11.2. The summed E-state index contributed by atoms with van der Waals surface area (Å²) < 4.78 is 13.5. The van der Waals surface area contributed by atoms with Crippen molar-refractivity contribution in [2.45, 2.75) is 31.1 Å². The molecule has 0 bridgehead atoms. The summed E-state index contributed by atoms with van der Waals surface area (Å²) in [5, 5.41) is 10.3. The molecular weight excluding hydrogens is 431 g/mol. The third-order valence-corrected chi connectivity index (χ3v) is 5.91. The number of thioether (sulfide) groups is 1. The molecule has 1 fully saturated rings. The van der Waals surface area contributed by atoms with Gasteiger partial charge in [0.15, 0.2) is 11.0 Å². The number of hydrogen-bond acceptors (Lipinski definition) is 6. The van der Waals surface area contributed by atoms with Gasteiger partial charge in [-0.1, -0.05) is 23.4 Å². The van der Waals surface area contributed by atoms with Crippen LogP contribution in [0.1, 0.15) is 24.4 Å². The summed E-state index contributed by atoms with van der Waals surface area (Å²) in [6.07, 6.45) is 4.31.